The van der Waals surface area contributed by atoms with Crippen molar-refractivity contribution in [2.45, 2.75) is 37.1 Å². The van der Waals surface area contributed by atoms with Gasteiger partial charge < -0.3 is 10.1 Å². The SMILES string of the molecule is CC#CCOc1ccc(S(=O)(=O)N[C@H](CCCCNC(=O)/C=C/c2ccccc2)C(=O)NO)cc1. The Balaban J connectivity index is 1.84. The van der Waals surface area contributed by atoms with E-state index in [1.807, 2.05) is 30.3 Å². The highest BCUT2D eigenvalue weighted by atomic mass is 32.2. The van der Waals surface area contributed by atoms with Gasteiger partial charge in [-0.15, -0.1) is 5.92 Å². The smallest absolute Gasteiger partial charge is 0.261 e. The number of rotatable bonds is 13. The van der Waals surface area contributed by atoms with Gasteiger partial charge in [0.15, 0.2) is 0 Å². The average Bonchev–Trinajstić information content (AvgIpc) is 2.87. The zero-order chi connectivity index (χ0) is 25.5. The van der Waals surface area contributed by atoms with E-state index < -0.39 is 22.0 Å². The molecule has 0 saturated heterocycles. The number of ether oxygens (including phenoxy) is 1. The Morgan fingerprint density at radius 2 is 1.80 bits per heavy atom. The monoisotopic (exact) mass is 499 g/mol. The quantitative estimate of drug-likeness (QED) is 0.110. The second-order valence-electron chi connectivity index (χ2n) is 7.37. The molecule has 0 spiro atoms. The number of nitrogens with one attached hydrogen (secondary N) is 3. The number of carbonyl (C=O) groups excluding carboxylic acids is 2. The van der Waals surface area contributed by atoms with Crippen LogP contribution < -0.4 is 20.3 Å². The van der Waals surface area contributed by atoms with Crippen LogP contribution in [0.1, 0.15) is 31.7 Å². The van der Waals surface area contributed by atoms with Crippen LogP contribution in [-0.4, -0.2) is 44.6 Å². The molecule has 0 unspecified atom stereocenters. The standard InChI is InChI=1S/C25H29N3O6S/c1-2-3-19-34-21-13-15-22(16-14-21)35(32,33)28-23(25(30)27-31)11-7-8-18-26-24(29)17-12-20-9-5-4-6-10-20/h4-6,9-10,12-17,23,28,31H,7-8,11,18-19H2,1H3,(H,26,29)(H,27,30)/b17-12+/t23-/m1/s1. The minimum atomic E-state index is -4.03. The van der Waals surface area contributed by atoms with E-state index in [1.54, 1.807) is 13.0 Å². The van der Waals surface area contributed by atoms with Crippen LogP contribution >= 0.6 is 0 Å². The van der Waals surface area contributed by atoms with Gasteiger partial charge in [0.25, 0.3) is 5.91 Å². The third kappa shape index (κ3) is 10.0. The van der Waals surface area contributed by atoms with Gasteiger partial charge in [0, 0.05) is 12.6 Å². The molecule has 10 heteroatoms. The molecule has 186 valence electrons. The zero-order valence-corrected chi connectivity index (χ0v) is 20.2. The molecule has 0 radical (unpaired) electrons. The molecule has 0 saturated carbocycles. The summed E-state index contributed by atoms with van der Waals surface area (Å²) >= 11 is 0. The summed E-state index contributed by atoms with van der Waals surface area (Å²) in [5, 5.41) is 11.7. The van der Waals surface area contributed by atoms with Crippen molar-refractivity contribution in [1.29, 1.82) is 0 Å². The van der Waals surface area contributed by atoms with Crippen molar-refractivity contribution in [3.8, 4) is 17.6 Å². The summed E-state index contributed by atoms with van der Waals surface area (Å²) in [6.07, 6.45) is 4.18. The summed E-state index contributed by atoms with van der Waals surface area (Å²) in [6, 6.07) is 13.9. The Hall–Kier alpha value is -3.65. The van der Waals surface area contributed by atoms with Gasteiger partial charge in [-0.3, -0.25) is 14.8 Å². The minimum Gasteiger partial charge on any atom is -0.481 e. The number of benzene rings is 2. The minimum absolute atomic E-state index is 0.0559. The number of carbonyl (C=O) groups is 2. The first-order valence-corrected chi connectivity index (χ1v) is 12.4. The molecule has 0 aliphatic heterocycles. The predicted octanol–water partition coefficient (Wildman–Crippen LogP) is 2.24. The normalized spacial score (nSPS) is 11.8. The van der Waals surface area contributed by atoms with Gasteiger partial charge in [-0.05, 0) is 62.1 Å². The Bertz CT molecular complexity index is 1150. The first kappa shape index (κ1) is 27.6. The molecule has 9 nitrogen and oxygen atoms in total. The number of sulfonamides is 1. The van der Waals surface area contributed by atoms with Crippen molar-refractivity contribution in [2.75, 3.05) is 13.2 Å². The van der Waals surface area contributed by atoms with Crippen molar-refractivity contribution in [2.24, 2.45) is 0 Å². The predicted molar refractivity (Wildman–Crippen MR) is 132 cm³/mol. The van der Waals surface area contributed by atoms with Crippen LogP contribution in [0.2, 0.25) is 0 Å². The van der Waals surface area contributed by atoms with E-state index in [2.05, 4.69) is 21.9 Å². The number of hydrogen-bond donors (Lipinski definition) is 4. The highest BCUT2D eigenvalue weighted by molar-refractivity contribution is 7.89. The lowest BCUT2D eigenvalue weighted by Crippen LogP contribution is -2.45. The van der Waals surface area contributed by atoms with E-state index in [4.69, 9.17) is 9.94 Å². The highest BCUT2D eigenvalue weighted by Gasteiger charge is 2.25. The Kier molecular flexibility index (Phi) is 11.5. The van der Waals surface area contributed by atoms with Gasteiger partial charge in [-0.1, -0.05) is 36.3 Å². The number of amides is 2. The molecule has 2 amide bonds. The molecule has 1 atom stereocenters. The molecular weight excluding hydrogens is 470 g/mol. The van der Waals surface area contributed by atoms with Crippen molar-refractivity contribution < 1.29 is 28.0 Å². The van der Waals surface area contributed by atoms with Crippen molar-refractivity contribution >= 4 is 27.9 Å². The van der Waals surface area contributed by atoms with Gasteiger partial charge in [-0.25, -0.2) is 13.9 Å². The third-order valence-corrected chi connectivity index (χ3v) is 6.28. The van der Waals surface area contributed by atoms with E-state index >= 15 is 0 Å². The Labute approximate surface area is 205 Å². The zero-order valence-electron chi connectivity index (χ0n) is 19.4. The van der Waals surface area contributed by atoms with Crippen LogP contribution in [-0.2, 0) is 19.6 Å². The van der Waals surface area contributed by atoms with Gasteiger partial charge in [0.1, 0.15) is 18.4 Å². The lowest BCUT2D eigenvalue weighted by atomic mass is 10.1. The molecule has 0 heterocycles. The molecule has 0 aromatic heterocycles. The average molecular weight is 500 g/mol. The molecular formula is C25H29N3O6S. The van der Waals surface area contributed by atoms with Crippen LogP contribution in [0.25, 0.3) is 6.08 Å². The molecule has 2 aromatic carbocycles. The van der Waals surface area contributed by atoms with E-state index in [0.29, 0.717) is 25.1 Å². The maximum Gasteiger partial charge on any atom is 0.261 e. The van der Waals surface area contributed by atoms with Crippen LogP contribution in [0.5, 0.6) is 5.75 Å². The molecule has 0 aliphatic rings. The summed E-state index contributed by atoms with van der Waals surface area (Å²) in [6.45, 7) is 2.22. The molecule has 35 heavy (non-hydrogen) atoms. The van der Waals surface area contributed by atoms with Crippen LogP contribution in [0.4, 0.5) is 0 Å². The van der Waals surface area contributed by atoms with Gasteiger partial charge in [0.2, 0.25) is 15.9 Å². The topological polar surface area (TPSA) is 134 Å². The van der Waals surface area contributed by atoms with E-state index in [0.717, 1.165) is 5.56 Å². The molecule has 0 aliphatic carbocycles. The summed E-state index contributed by atoms with van der Waals surface area (Å²) in [5.74, 6) is 4.75. The first-order valence-electron chi connectivity index (χ1n) is 11.0. The van der Waals surface area contributed by atoms with Crippen LogP contribution in [0.3, 0.4) is 0 Å². The maximum atomic E-state index is 12.7. The van der Waals surface area contributed by atoms with E-state index in [9.17, 15) is 18.0 Å². The van der Waals surface area contributed by atoms with E-state index in [-0.39, 0.29) is 23.8 Å². The lowest BCUT2D eigenvalue weighted by molar-refractivity contribution is -0.131. The number of unbranched alkanes of at least 4 members (excludes halogenated alkanes) is 1. The van der Waals surface area contributed by atoms with Gasteiger partial charge >= 0.3 is 0 Å². The number of hydrogen-bond acceptors (Lipinski definition) is 6. The highest BCUT2D eigenvalue weighted by Crippen LogP contribution is 2.17. The summed E-state index contributed by atoms with van der Waals surface area (Å²) in [4.78, 5) is 23.9. The summed E-state index contributed by atoms with van der Waals surface area (Å²) in [7, 11) is -4.03. The lowest BCUT2D eigenvalue weighted by Gasteiger charge is -2.17. The molecule has 0 bridgehead atoms. The first-order chi connectivity index (χ1) is 16.9. The largest absolute Gasteiger partial charge is 0.481 e. The third-order valence-electron chi connectivity index (χ3n) is 4.79. The fourth-order valence-corrected chi connectivity index (χ4v) is 4.19. The summed E-state index contributed by atoms with van der Waals surface area (Å²) < 4.78 is 33.1. The molecule has 2 rings (SSSR count). The Morgan fingerprint density at radius 1 is 1.09 bits per heavy atom. The number of hydroxylamine groups is 1. The second-order valence-corrected chi connectivity index (χ2v) is 9.08. The van der Waals surface area contributed by atoms with Gasteiger partial charge in [0.05, 0.1) is 4.90 Å². The van der Waals surface area contributed by atoms with Gasteiger partial charge in [-0.2, -0.15) is 4.72 Å². The second kappa shape index (κ2) is 14.6. The molecule has 2 aromatic rings. The van der Waals surface area contributed by atoms with Crippen LogP contribution in [0, 0.1) is 11.8 Å². The van der Waals surface area contributed by atoms with Crippen molar-refractivity contribution in [3.05, 3.63) is 66.2 Å². The summed E-state index contributed by atoms with van der Waals surface area (Å²) in [5.41, 5.74) is 2.39. The Morgan fingerprint density at radius 3 is 2.46 bits per heavy atom. The molecule has 0 fully saturated rings. The maximum absolute atomic E-state index is 12.7. The van der Waals surface area contributed by atoms with E-state index in [1.165, 1.54) is 35.8 Å². The van der Waals surface area contributed by atoms with Crippen LogP contribution in [0.15, 0.2) is 65.6 Å². The van der Waals surface area contributed by atoms with Crippen molar-refractivity contribution in [3.63, 3.8) is 0 Å². The fourth-order valence-electron chi connectivity index (χ4n) is 2.96. The fraction of sp³-hybridized carbons (Fsp3) is 0.280. The van der Waals surface area contributed by atoms with Crippen molar-refractivity contribution in [1.82, 2.24) is 15.5 Å². The molecule has 4 N–H and O–H groups in total.